The van der Waals surface area contributed by atoms with Gasteiger partial charge in [-0.15, -0.1) is 6.58 Å². The normalized spacial score (nSPS) is 25.7. The van der Waals surface area contributed by atoms with E-state index in [9.17, 15) is 0 Å². The zero-order valence-electron chi connectivity index (χ0n) is 6.82. The molecular weight excluding hydrogens is 140 g/mol. The molecule has 62 valence electrons. The molecule has 2 heteroatoms. The lowest BCUT2D eigenvalue weighted by atomic mass is 10.2. The number of hydrogen-bond donors (Lipinski definition) is 0. The van der Waals surface area contributed by atoms with E-state index in [0.717, 1.165) is 12.8 Å². The Morgan fingerprint density at radius 3 is 3.18 bits per heavy atom. The number of rotatable bonds is 3. The molecule has 0 aromatic heterocycles. The summed E-state index contributed by atoms with van der Waals surface area (Å²) >= 11 is 0. The van der Waals surface area contributed by atoms with Crippen LogP contribution in [0.25, 0.3) is 0 Å². The quantitative estimate of drug-likeness (QED) is 0.580. The minimum atomic E-state index is -0.0759. The molecule has 0 aliphatic carbocycles. The molecule has 0 bridgehead atoms. The fraction of sp³-hybridized carbons (Fsp3) is 0.556. The van der Waals surface area contributed by atoms with Crippen LogP contribution >= 0.6 is 0 Å². The average molecular weight is 154 g/mol. The van der Waals surface area contributed by atoms with Gasteiger partial charge in [0, 0.05) is 6.42 Å². The van der Waals surface area contributed by atoms with Crippen molar-refractivity contribution in [2.75, 3.05) is 0 Å². The van der Waals surface area contributed by atoms with Gasteiger partial charge in [-0.25, -0.2) is 0 Å². The highest BCUT2D eigenvalue weighted by atomic mass is 16.7. The molecule has 2 nitrogen and oxygen atoms in total. The van der Waals surface area contributed by atoms with Crippen molar-refractivity contribution >= 4 is 0 Å². The predicted molar refractivity (Wildman–Crippen MR) is 44.0 cm³/mol. The summed E-state index contributed by atoms with van der Waals surface area (Å²) in [5, 5.41) is 0. The molecule has 0 aromatic carbocycles. The van der Waals surface area contributed by atoms with Gasteiger partial charge in [-0.2, -0.15) is 0 Å². The minimum absolute atomic E-state index is 0.0755. The van der Waals surface area contributed by atoms with Crippen LogP contribution in [0.4, 0.5) is 0 Å². The van der Waals surface area contributed by atoms with Gasteiger partial charge in [-0.1, -0.05) is 6.08 Å². The minimum Gasteiger partial charge on any atom is -0.473 e. The highest BCUT2D eigenvalue weighted by Gasteiger charge is 2.12. The molecule has 0 saturated heterocycles. The Kier molecular flexibility index (Phi) is 3.17. The van der Waals surface area contributed by atoms with Gasteiger partial charge < -0.3 is 9.47 Å². The zero-order chi connectivity index (χ0) is 8.10. The zero-order valence-corrected chi connectivity index (χ0v) is 6.82. The van der Waals surface area contributed by atoms with Crippen molar-refractivity contribution in [3.8, 4) is 0 Å². The van der Waals surface area contributed by atoms with E-state index in [0.29, 0.717) is 0 Å². The molecule has 0 N–H and O–H groups in total. The molecule has 1 heterocycles. The highest BCUT2D eigenvalue weighted by Crippen LogP contribution is 2.13. The van der Waals surface area contributed by atoms with Crippen LogP contribution in [-0.4, -0.2) is 12.4 Å². The Morgan fingerprint density at radius 1 is 1.82 bits per heavy atom. The summed E-state index contributed by atoms with van der Waals surface area (Å²) in [6, 6.07) is 0. The van der Waals surface area contributed by atoms with E-state index in [1.54, 1.807) is 12.3 Å². The molecule has 1 rings (SSSR count). The van der Waals surface area contributed by atoms with Gasteiger partial charge in [0.15, 0.2) is 6.29 Å². The van der Waals surface area contributed by atoms with Crippen molar-refractivity contribution < 1.29 is 9.47 Å². The third-order valence-electron chi connectivity index (χ3n) is 1.59. The average Bonchev–Trinajstić information content (AvgIpc) is 2.06. The first-order valence-electron chi connectivity index (χ1n) is 3.91. The molecule has 0 radical (unpaired) electrons. The van der Waals surface area contributed by atoms with Gasteiger partial charge in [-0.3, -0.25) is 0 Å². The molecule has 0 spiro atoms. The summed E-state index contributed by atoms with van der Waals surface area (Å²) in [4.78, 5) is 0. The number of ether oxygens (including phenoxy) is 2. The van der Waals surface area contributed by atoms with E-state index in [1.165, 1.54) is 0 Å². The van der Waals surface area contributed by atoms with Crippen molar-refractivity contribution in [1.29, 1.82) is 0 Å². The third-order valence-corrected chi connectivity index (χ3v) is 1.59. The molecule has 0 aromatic rings. The van der Waals surface area contributed by atoms with Crippen molar-refractivity contribution in [1.82, 2.24) is 0 Å². The van der Waals surface area contributed by atoms with E-state index >= 15 is 0 Å². The van der Waals surface area contributed by atoms with Crippen LogP contribution < -0.4 is 0 Å². The van der Waals surface area contributed by atoms with Crippen LogP contribution in [0.2, 0.25) is 0 Å². The topological polar surface area (TPSA) is 18.5 Å². The first kappa shape index (κ1) is 8.34. The largest absolute Gasteiger partial charge is 0.473 e. The van der Waals surface area contributed by atoms with E-state index in [4.69, 9.17) is 9.47 Å². The lowest BCUT2D eigenvalue weighted by Crippen LogP contribution is -2.21. The van der Waals surface area contributed by atoms with Gasteiger partial charge in [0.05, 0.1) is 12.4 Å². The van der Waals surface area contributed by atoms with Crippen molar-refractivity contribution in [2.24, 2.45) is 0 Å². The molecule has 2 unspecified atom stereocenters. The van der Waals surface area contributed by atoms with Crippen LogP contribution in [0.5, 0.6) is 0 Å². The maximum Gasteiger partial charge on any atom is 0.199 e. The molecule has 1 aliphatic heterocycles. The van der Waals surface area contributed by atoms with E-state index in [2.05, 4.69) is 6.58 Å². The van der Waals surface area contributed by atoms with Gasteiger partial charge >= 0.3 is 0 Å². The monoisotopic (exact) mass is 154 g/mol. The van der Waals surface area contributed by atoms with Crippen LogP contribution in [0.3, 0.4) is 0 Å². The molecule has 0 saturated carbocycles. The Bertz CT molecular complexity index is 152. The lowest BCUT2D eigenvalue weighted by Gasteiger charge is -2.21. The van der Waals surface area contributed by atoms with Gasteiger partial charge in [0.2, 0.25) is 0 Å². The maximum atomic E-state index is 5.45. The fourth-order valence-electron chi connectivity index (χ4n) is 0.907. The summed E-state index contributed by atoms with van der Waals surface area (Å²) < 4.78 is 10.6. The van der Waals surface area contributed by atoms with Crippen molar-refractivity contribution in [2.45, 2.75) is 32.2 Å². The van der Waals surface area contributed by atoms with Gasteiger partial charge in [0.1, 0.15) is 0 Å². The molecule has 0 amide bonds. The summed E-state index contributed by atoms with van der Waals surface area (Å²) in [7, 11) is 0. The van der Waals surface area contributed by atoms with Crippen molar-refractivity contribution in [3.05, 3.63) is 25.0 Å². The summed E-state index contributed by atoms with van der Waals surface area (Å²) in [5.41, 5.74) is 0. The Morgan fingerprint density at radius 2 is 2.64 bits per heavy atom. The lowest BCUT2D eigenvalue weighted by molar-refractivity contribution is -0.131. The SMILES string of the molecule is C=CC(C)OC1CCC=CO1. The smallest absolute Gasteiger partial charge is 0.199 e. The second-order valence-electron chi connectivity index (χ2n) is 2.59. The standard InChI is InChI=1S/C9H14O2/c1-3-8(2)11-9-6-4-5-7-10-9/h3,5,7-9H,1,4,6H2,2H3. The van der Waals surface area contributed by atoms with E-state index in [1.807, 2.05) is 13.0 Å². The molecule has 11 heavy (non-hydrogen) atoms. The second kappa shape index (κ2) is 4.19. The number of allylic oxidation sites excluding steroid dienone is 1. The van der Waals surface area contributed by atoms with Crippen LogP contribution in [0.15, 0.2) is 25.0 Å². The summed E-state index contributed by atoms with van der Waals surface area (Å²) in [6.45, 7) is 5.58. The van der Waals surface area contributed by atoms with Crippen LogP contribution in [0.1, 0.15) is 19.8 Å². The number of hydrogen-bond acceptors (Lipinski definition) is 2. The van der Waals surface area contributed by atoms with Crippen LogP contribution in [0, 0.1) is 0 Å². The summed E-state index contributed by atoms with van der Waals surface area (Å²) in [6.07, 6.45) is 7.44. The third kappa shape index (κ3) is 2.76. The van der Waals surface area contributed by atoms with Gasteiger partial charge in [-0.05, 0) is 19.4 Å². The fourth-order valence-corrected chi connectivity index (χ4v) is 0.907. The Hall–Kier alpha value is -0.760. The Balaban J connectivity index is 2.25. The highest BCUT2D eigenvalue weighted by molar-refractivity contribution is 4.81. The molecule has 0 fully saturated rings. The van der Waals surface area contributed by atoms with Gasteiger partial charge in [0.25, 0.3) is 0 Å². The maximum absolute atomic E-state index is 5.45. The second-order valence-corrected chi connectivity index (χ2v) is 2.59. The summed E-state index contributed by atoms with van der Waals surface area (Å²) in [5.74, 6) is 0. The van der Waals surface area contributed by atoms with Crippen molar-refractivity contribution in [3.63, 3.8) is 0 Å². The predicted octanol–water partition coefficient (Wildman–Crippen LogP) is 2.23. The van der Waals surface area contributed by atoms with Crippen LogP contribution in [-0.2, 0) is 9.47 Å². The Labute approximate surface area is 67.5 Å². The molecule has 1 aliphatic rings. The first-order chi connectivity index (χ1) is 5.33. The molecule has 2 atom stereocenters. The first-order valence-corrected chi connectivity index (χ1v) is 3.91. The van der Waals surface area contributed by atoms with E-state index < -0.39 is 0 Å². The van der Waals surface area contributed by atoms with E-state index in [-0.39, 0.29) is 12.4 Å². The molecular formula is C9H14O2.